The summed E-state index contributed by atoms with van der Waals surface area (Å²) in [6.07, 6.45) is -0.932. The molecule has 1 aromatic carbocycles. The standard InChI is InChI=1S/C12H14O5/c1-16-7-2-3-10-9(6-7)8(4-5-17-10)11(13)12(14)15/h2-3,6,8,11,13H,4-5H2,1H3,(H,14,15). The summed E-state index contributed by atoms with van der Waals surface area (Å²) >= 11 is 0. The lowest BCUT2D eigenvalue weighted by Gasteiger charge is -2.27. The highest BCUT2D eigenvalue weighted by molar-refractivity contribution is 5.74. The first kappa shape index (κ1) is 11.7. The highest BCUT2D eigenvalue weighted by Gasteiger charge is 2.32. The van der Waals surface area contributed by atoms with Crippen LogP contribution in [0.5, 0.6) is 11.5 Å². The molecule has 1 aromatic rings. The molecule has 0 aliphatic carbocycles. The highest BCUT2D eigenvalue weighted by Crippen LogP contribution is 2.38. The average Bonchev–Trinajstić information content (AvgIpc) is 2.36. The van der Waals surface area contributed by atoms with Crippen LogP contribution in [0.4, 0.5) is 0 Å². The van der Waals surface area contributed by atoms with Crippen molar-refractivity contribution in [2.24, 2.45) is 0 Å². The van der Waals surface area contributed by atoms with E-state index >= 15 is 0 Å². The largest absolute Gasteiger partial charge is 0.497 e. The molecule has 1 aliphatic heterocycles. The molecule has 2 N–H and O–H groups in total. The molecular formula is C12H14O5. The van der Waals surface area contributed by atoms with Gasteiger partial charge < -0.3 is 19.7 Å². The van der Waals surface area contributed by atoms with Gasteiger partial charge in [-0.3, -0.25) is 0 Å². The molecule has 0 bridgehead atoms. The fraction of sp³-hybridized carbons (Fsp3) is 0.417. The molecule has 2 rings (SSSR count). The lowest BCUT2D eigenvalue weighted by molar-refractivity contribution is -0.148. The zero-order valence-corrected chi connectivity index (χ0v) is 9.42. The van der Waals surface area contributed by atoms with E-state index in [9.17, 15) is 9.90 Å². The predicted molar refractivity (Wildman–Crippen MR) is 59.5 cm³/mol. The molecule has 0 aromatic heterocycles. The summed E-state index contributed by atoms with van der Waals surface area (Å²) in [5, 5.41) is 18.5. The maximum atomic E-state index is 10.8. The van der Waals surface area contributed by atoms with Crippen LogP contribution in [0.25, 0.3) is 0 Å². The molecule has 0 saturated heterocycles. The predicted octanol–water partition coefficient (Wildman–Crippen LogP) is 1.01. The maximum absolute atomic E-state index is 10.8. The number of hydrogen-bond donors (Lipinski definition) is 2. The third kappa shape index (κ3) is 2.19. The van der Waals surface area contributed by atoms with E-state index < -0.39 is 18.0 Å². The number of benzene rings is 1. The van der Waals surface area contributed by atoms with E-state index in [1.54, 1.807) is 18.2 Å². The molecule has 17 heavy (non-hydrogen) atoms. The van der Waals surface area contributed by atoms with Crippen LogP contribution in [-0.2, 0) is 4.79 Å². The normalized spacial score (nSPS) is 20.0. The van der Waals surface area contributed by atoms with Crippen molar-refractivity contribution < 1.29 is 24.5 Å². The van der Waals surface area contributed by atoms with E-state index in [1.807, 2.05) is 0 Å². The zero-order chi connectivity index (χ0) is 12.4. The van der Waals surface area contributed by atoms with Gasteiger partial charge in [-0.05, 0) is 24.6 Å². The van der Waals surface area contributed by atoms with Crippen molar-refractivity contribution in [1.82, 2.24) is 0 Å². The second-order valence-corrected chi connectivity index (χ2v) is 3.93. The molecule has 0 spiro atoms. The van der Waals surface area contributed by atoms with Gasteiger partial charge in [-0.2, -0.15) is 0 Å². The van der Waals surface area contributed by atoms with Crippen LogP contribution in [-0.4, -0.2) is 36.0 Å². The first-order chi connectivity index (χ1) is 8.13. The number of ether oxygens (including phenoxy) is 2. The number of aliphatic hydroxyl groups is 1. The number of carboxylic acid groups (broad SMARTS) is 1. The van der Waals surface area contributed by atoms with Gasteiger partial charge in [0.15, 0.2) is 6.10 Å². The molecule has 1 aliphatic rings. The van der Waals surface area contributed by atoms with Crippen molar-refractivity contribution in [2.45, 2.75) is 18.4 Å². The lowest BCUT2D eigenvalue weighted by Crippen LogP contribution is -2.31. The number of hydrogen-bond acceptors (Lipinski definition) is 4. The van der Waals surface area contributed by atoms with Crippen LogP contribution in [0.3, 0.4) is 0 Å². The first-order valence-electron chi connectivity index (χ1n) is 5.35. The topological polar surface area (TPSA) is 76.0 Å². The minimum atomic E-state index is -1.41. The van der Waals surface area contributed by atoms with E-state index in [2.05, 4.69) is 0 Å². The fourth-order valence-electron chi connectivity index (χ4n) is 2.03. The van der Waals surface area contributed by atoms with Crippen molar-refractivity contribution in [2.75, 3.05) is 13.7 Å². The highest BCUT2D eigenvalue weighted by atomic mass is 16.5. The molecule has 2 unspecified atom stereocenters. The van der Waals surface area contributed by atoms with E-state index in [0.717, 1.165) is 0 Å². The Kier molecular flexibility index (Phi) is 3.19. The second kappa shape index (κ2) is 4.63. The third-order valence-corrected chi connectivity index (χ3v) is 2.94. The van der Waals surface area contributed by atoms with Crippen LogP contribution in [0.2, 0.25) is 0 Å². The number of fused-ring (bicyclic) bond motifs is 1. The molecule has 5 nitrogen and oxygen atoms in total. The number of aliphatic carboxylic acids is 1. The molecule has 2 atom stereocenters. The van der Waals surface area contributed by atoms with Crippen molar-refractivity contribution in [3.8, 4) is 11.5 Å². The van der Waals surface area contributed by atoms with Gasteiger partial charge in [-0.25, -0.2) is 4.79 Å². The van der Waals surface area contributed by atoms with E-state index in [4.69, 9.17) is 14.6 Å². The van der Waals surface area contributed by atoms with Crippen molar-refractivity contribution in [1.29, 1.82) is 0 Å². The first-order valence-corrected chi connectivity index (χ1v) is 5.35. The van der Waals surface area contributed by atoms with Gasteiger partial charge in [0.1, 0.15) is 11.5 Å². The van der Waals surface area contributed by atoms with Crippen molar-refractivity contribution >= 4 is 5.97 Å². The summed E-state index contributed by atoms with van der Waals surface area (Å²) < 4.78 is 10.5. The molecular weight excluding hydrogens is 224 g/mol. The summed E-state index contributed by atoms with van der Waals surface area (Å²) in [5.74, 6) is -0.434. The van der Waals surface area contributed by atoms with Crippen LogP contribution >= 0.6 is 0 Å². The van der Waals surface area contributed by atoms with E-state index in [-0.39, 0.29) is 0 Å². The number of carboxylic acids is 1. The summed E-state index contributed by atoms with van der Waals surface area (Å²) in [6, 6.07) is 5.19. The molecule has 5 heteroatoms. The van der Waals surface area contributed by atoms with Crippen LogP contribution in [0.1, 0.15) is 17.9 Å². The average molecular weight is 238 g/mol. The Hall–Kier alpha value is -1.75. The van der Waals surface area contributed by atoms with Gasteiger partial charge in [-0.1, -0.05) is 0 Å². The Bertz CT molecular complexity index is 429. The van der Waals surface area contributed by atoms with Gasteiger partial charge in [-0.15, -0.1) is 0 Å². The monoisotopic (exact) mass is 238 g/mol. The van der Waals surface area contributed by atoms with Crippen molar-refractivity contribution in [3.05, 3.63) is 23.8 Å². The minimum Gasteiger partial charge on any atom is -0.497 e. The lowest BCUT2D eigenvalue weighted by atomic mass is 9.88. The summed E-state index contributed by atoms with van der Waals surface area (Å²) in [5.41, 5.74) is 0.686. The second-order valence-electron chi connectivity index (χ2n) is 3.93. The number of aliphatic hydroxyl groups excluding tert-OH is 1. The zero-order valence-electron chi connectivity index (χ0n) is 9.42. The number of methoxy groups -OCH3 is 1. The van der Waals surface area contributed by atoms with Crippen molar-refractivity contribution in [3.63, 3.8) is 0 Å². The number of carbonyl (C=O) groups is 1. The van der Waals surface area contributed by atoms with E-state index in [1.165, 1.54) is 7.11 Å². The maximum Gasteiger partial charge on any atom is 0.333 e. The molecule has 0 radical (unpaired) electrons. The fourth-order valence-corrected chi connectivity index (χ4v) is 2.03. The SMILES string of the molecule is COc1ccc2c(c1)C(C(O)C(=O)O)CCO2. The molecule has 92 valence electrons. The quantitative estimate of drug-likeness (QED) is 0.821. The number of rotatable bonds is 3. The van der Waals surface area contributed by atoms with Gasteiger partial charge in [0, 0.05) is 11.5 Å². The van der Waals surface area contributed by atoms with Gasteiger partial charge in [0.2, 0.25) is 0 Å². The third-order valence-electron chi connectivity index (χ3n) is 2.94. The molecule has 0 saturated carbocycles. The Morgan fingerprint density at radius 3 is 3.00 bits per heavy atom. The van der Waals surface area contributed by atoms with Gasteiger partial charge in [0.05, 0.1) is 13.7 Å². The smallest absolute Gasteiger partial charge is 0.333 e. The van der Waals surface area contributed by atoms with Gasteiger partial charge >= 0.3 is 5.97 Å². The van der Waals surface area contributed by atoms with Crippen LogP contribution in [0, 0.1) is 0 Å². The Morgan fingerprint density at radius 1 is 1.59 bits per heavy atom. The Balaban J connectivity index is 2.38. The molecule has 0 amide bonds. The minimum absolute atomic E-state index is 0.411. The molecule has 0 fully saturated rings. The Labute approximate surface area is 98.6 Å². The van der Waals surface area contributed by atoms with Crippen LogP contribution < -0.4 is 9.47 Å². The molecule has 1 heterocycles. The van der Waals surface area contributed by atoms with Gasteiger partial charge in [0.25, 0.3) is 0 Å². The Morgan fingerprint density at radius 2 is 2.35 bits per heavy atom. The summed E-state index contributed by atoms with van der Waals surface area (Å²) in [7, 11) is 1.54. The van der Waals surface area contributed by atoms with E-state index in [0.29, 0.717) is 30.1 Å². The summed E-state index contributed by atoms with van der Waals surface area (Å²) in [4.78, 5) is 10.8. The summed E-state index contributed by atoms with van der Waals surface area (Å²) in [6.45, 7) is 0.411. The van der Waals surface area contributed by atoms with Crippen LogP contribution in [0.15, 0.2) is 18.2 Å².